The monoisotopic (exact) mass is 190 g/mol. The van der Waals surface area contributed by atoms with E-state index in [1.165, 1.54) is 0 Å². The highest BCUT2D eigenvalue weighted by molar-refractivity contribution is 7.85. The van der Waals surface area contributed by atoms with Gasteiger partial charge in [0.2, 0.25) is 0 Å². The maximum atomic E-state index is 11.4. The van der Waals surface area contributed by atoms with Crippen molar-refractivity contribution in [2.75, 3.05) is 38.7 Å². The van der Waals surface area contributed by atoms with Crippen molar-refractivity contribution in [2.24, 2.45) is 0 Å². The van der Waals surface area contributed by atoms with Gasteiger partial charge in [0.05, 0.1) is 0 Å². The number of nitrogens with zero attached hydrogens (tertiary/aromatic N) is 2. The maximum Gasteiger partial charge on any atom is 0.319 e. The zero-order valence-electron chi connectivity index (χ0n) is 7.45. The Kier molecular flexibility index (Phi) is 3.08. The van der Waals surface area contributed by atoms with Gasteiger partial charge in [0, 0.05) is 49.5 Å². The van der Waals surface area contributed by atoms with Crippen LogP contribution in [0.2, 0.25) is 0 Å². The highest BCUT2D eigenvalue weighted by Gasteiger charge is 2.20. The summed E-state index contributed by atoms with van der Waals surface area (Å²) in [5, 5.41) is 0. The lowest BCUT2D eigenvalue weighted by atomic mass is 10.5. The van der Waals surface area contributed by atoms with E-state index in [2.05, 4.69) is 0 Å². The number of carbonyl (C=O) groups is 1. The van der Waals surface area contributed by atoms with Crippen LogP contribution in [0.4, 0.5) is 4.79 Å². The number of carbonyl (C=O) groups excluding carboxylic acids is 1. The molecule has 2 amide bonds. The second-order valence-electron chi connectivity index (χ2n) is 3.01. The minimum atomic E-state index is -0.703. The molecule has 1 saturated heterocycles. The van der Waals surface area contributed by atoms with Gasteiger partial charge in [0.15, 0.2) is 0 Å². The molecule has 0 aliphatic carbocycles. The lowest BCUT2D eigenvalue weighted by Crippen LogP contribution is -2.46. The molecule has 0 N–H and O–H groups in total. The number of hydrogen-bond donors (Lipinski definition) is 0. The third-order valence-corrected chi connectivity index (χ3v) is 3.11. The molecule has 5 heteroatoms. The normalized spacial score (nSPS) is 19.3. The van der Waals surface area contributed by atoms with Crippen LogP contribution in [0.1, 0.15) is 0 Å². The third-order valence-electron chi connectivity index (χ3n) is 1.83. The van der Waals surface area contributed by atoms with Crippen LogP contribution >= 0.6 is 0 Å². The quantitative estimate of drug-likeness (QED) is 0.527. The highest BCUT2D eigenvalue weighted by Crippen LogP contribution is 2.02. The molecule has 1 aliphatic heterocycles. The summed E-state index contributed by atoms with van der Waals surface area (Å²) in [7, 11) is 2.76. The number of urea groups is 1. The van der Waals surface area contributed by atoms with E-state index in [0.717, 1.165) is 0 Å². The number of hydrogen-bond acceptors (Lipinski definition) is 2. The molecule has 0 aromatic rings. The van der Waals surface area contributed by atoms with E-state index >= 15 is 0 Å². The van der Waals surface area contributed by atoms with E-state index in [0.29, 0.717) is 24.6 Å². The minimum Gasteiger partial charge on any atom is -0.331 e. The van der Waals surface area contributed by atoms with Crippen LogP contribution in [-0.4, -0.2) is 58.7 Å². The summed E-state index contributed by atoms with van der Waals surface area (Å²) in [4.78, 5) is 14.6. The fourth-order valence-corrected chi connectivity index (χ4v) is 2.16. The van der Waals surface area contributed by atoms with Crippen LogP contribution < -0.4 is 0 Å². The molecule has 0 unspecified atom stereocenters. The van der Waals surface area contributed by atoms with Crippen LogP contribution in [0.3, 0.4) is 0 Å². The first-order chi connectivity index (χ1) is 5.61. The van der Waals surface area contributed by atoms with Crippen molar-refractivity contribution < 1.29 is 9.00 Å². The molecule has 4 nitrogen and oxygen atoms in total. The summed E-state index contributed by atoms with van der Waals surface area (Å²) in [6.07, 6.45) is 0. The van der Waals surface area contributed by atoms with Crippen molar-refractivity contribution in [3.8, 4) is 0 Å². The topological polar surface area (TPSA) is 40.6 Å². The Bertz CT molecular complexity index is 196. The summed E-state index contributed by atoms with van der Waals surface area (Å²) in [6.45, 7) is 1.26. The number of rotatable bonds is 0. The summed E-state index contributed by atoms with van der Waals surface area (Å²) in [5.41, 5.74) is 0. The molecule has 70 valence electrons. The van der Waals surface area contributed by atoms with Gasteiger partial charge in [-0.3, -0.25) is 4.21 Å². The van der Waals surface area contributed by atoms with E-state index in [9.17, 15) is 9.00 Å². The van der Waals surface area contributed by atoms with Crippen LogP contribution in [0.15, 0.2) is 0 Å². The fourth-order valence-electron chi connectivity index (χ4n) is 1.11. The van der Waals surface area contributed by atoms with Gasteiger partial charge in [-0.15, -0.1) is 0 Å². The van der Waals surface area contributed by atoms with Gasteiger partial charge in [0.25, 0.3) is 0 Å². The van der Waals surface area contributed by atoms with Crippen LogP contribution in [0.5, 0.6) is 0 Å². The van der Waals surface area contributed by atoms with Gasteiger partial charge in [-0.1, -0.05) is 0 Å². The Labute approximate surface area is 75.0 Å². The van der Waals surface area contributed by atoms with Crippen molar-refractivity contribution in [3.05, 3.63) is 0 Å². The smallest absolute Gasteiger partial charge is 0.319 e. The first-order valence-corrected chi connectivity index (χ1v) is 5.41. The predicted molar refractivity (Wildman–Crippen MR) is 48.5 cm³/mol. The third kappa shape index (κ3) is 2.20. The molecule has 0 bridgehead atoms. The second-order valence-corrected chi connectivity index (χ2v) is 4.71. The molecule has 12 heavy (non-hydrogen) atoms. The van der Waals surface area contributed by atoms with Crippen LogP contribution in [0, 0.1) is 0 Å². The largest absolute Gasteiger partial charge is 0.331 e. The van der Waals surface area contributed by atoms with E-state index in [1.807, 2.05) is 0 Å². The van der Waals surface area contributed by atoms with Crippen molar-refractivity contribution in [3.63, 3.8) is 0 Å². The fraction of sp³-hybridized carbons (Fsp3) is 0.857. The Morgan fingerprint density at radius 2 is 1.83 bits per heavy atom. The molecule has 0 spiro atoms. The Hall–Kier alpha value is -0.580. The first kappa shape index (κ1) is 9.51. The summed E-state index contributed by atoms with van der Waals surface area (Å²) < 4.78 is 11.0. The van der Waals surface area contributed by atoms with Crippen molar-refractivity contribution in [1.82, 2.24) is 9.80 Å². The van der Waals surface area contributed by atoms with Gasteiger partial charge in [-0.05, 0) is 0 Å². The molecule has 0 aromatic heterocycles. The molecule has 1 heterocycles. The maximum absolute atomic E-state index is 11.4. The highest BCUT2D eigenvalue weighted by atomic mass is 32.2. The molecular formula is C7H14N2O2S. The lowest BCUT2D eigenvalue weighted by Gasteiger charge is -2.28. The molecular weight excluding hydrogens is 176 g/mol. The Morgan fingerprint density at radius 1 is 1.33 bits per heavy atom. The predicted octanol–water partition coefficient (Wildman–Crippen LogP) is -0.268. The Balaban J connectivity index is 2.44. The van der Waals surface area contributed by atoms with Gasteiger partial charge in [0.1, 0.15) is 0 Å². The van der Waals surface area contributed by atoms with E-state index in [-0.39, 0.29) is 6.03 Å². The zero-order chi connectivity index (χ0) is 9.14. The first-order valence-electron chi connectivity index (χ1n) is 3.92. The molecule has 0 aromatic carbocycles. The Morgan fingerprint density at radius 3 is 2.25 bits per heavy atom. The molecule has 1 fully saturated rings. The molecule has 0 saturated carbocycles. The van der Waals surface area contributed by atoms with Gasteiger partial charge in [-0.25, -0.2) is 4.79 Å². The van der Waals surface area contributed by atoms with Crippen LogP contribution in [-0.2, 0) is 10.8 Å². The number of amides is 2. The SMILES string of the molecule is CN(C)C(=O)N1CCS(=O)CC1. The molecule has 1 aliphatic rings. The lowest BCUT2D eigenvalue weighted by molar-refractivity contribution is 0.175. The average Bonchev–Trinajstić information content (AvgIpc) is 2.04. The van der Waals surface area contributed by atoms with E-state index in [4.69, 9.17) is 0 Å². The van der Waals surface area contributed by atoms with Crippen molar-refractivity contribution in [1.29, 1.82) is 0 Å². The molecule has 1 rings (SSSR count). The summed E-state index contributed by atoms with van der Waals surface area (Å²) in [5.74, 6) is 1.25. The zero-order valence-corrected chi connectivity index (χ0v) is 8.26. The molecule has 0 atom stereocenters. The van der Waals surface area contributed by atoms with Crippen molar-refractivity contribution in [2.45, 2.75) is 0 Å². The summed E-state index contributed by atoms with van der Waals surface area (Å²) >= 11 is 0. The average molecular weight is 190 g/mol. The van der Waals surface area contributed by atoms with Crippen LogP contribution in [0.25, 0.3) is 0 Å². The van der Waals surface area contributed by atoms with Gasteiger partial charge >= 0.3 is 6.03 Å². The minimum absolute atomic E-state index is 0.0201. The van der Waals surface area contributed by atoms with Crippen molar-refractivity contribution >= 4 is 16.8 Å². The standard InChI is InChI=1S/C7H14N2O2S/c1-8(2)7(10)9-3-5-12(11)6-4-9/h3-6H2,1-2H3. The summed E-state index contributed by atoms with van der Waals surface area (Å²) in [6, 6.07) is 0.0201. The van der Waals surface area contributed by atoms with E-state index < -0.39 is 10.8 Å². The van der Waals surface area contributed by atoms with E-state index in [1.54, 1.807) is 23.9 Å². The van der Waals surface area contributed by atoms with Gasteiger partial charge in [-0.2, -0.15) is 0 Å². The second kappa shape index (κ2) is 3.89. The molecule has 0 radical (unpaired) electrons. The van der Waals surface area contributed by atoms with Gasteiger partial charge < -0.3 is 9.80 Å².